The number of methoxy groups -OCH3 is 2. The SMILES string of the molecule is CCCNC(=O)C(=O)N1CCc2c(c(OC)c3ccccc3c2OC)C1C(C)(C)C. The predicted octanol–water partition coefficient (Wildman–Crippen LogP) is 3.86. The first kappa shape index (κ1) is 21.9. The number of amides is 2. The highest BCUT2D eigenvalue weighted by Crippen LogP contribution is 2.52. The maximum atomic E-state index is 13.1. The molecule has 0 saturated heterocycles. The number of hydrogen-bond acceptors (Lipinski definition) is 4. The fourth-order valence-corrected chi connectivity index (χ4v) is 4.52. The van der Waals surface area contributed by atoms with Gasteiger partial charge in [-0.1, -0.05) is 52.0 Å². The van der Waals surface area contributed by atoms with Crippen molar-refractivity contribution in [3.05, 3.63) is 35.4 Å². The van der Waals surface area contributed by atoms with Gasteiger partial charge in [0.25, 0.3) is 0 Å². The summed E-state index contributed by atoms with van der Waals surface area (Å²) in [7, 11) is 3.33. The minimum atomic E-state index is -0.554. The molecule has 0 fully saturated rings. The van der Waals surface area contributed by atoms with Gasteiger partial charge in [-0.2, -0.15) is 0 Å². The molecule has 0 aromatic heterocycles. The van der Waals surface area contributed by atoms with Gasteiger partial charge in [-0.15, -0.1) is 0 Å². The molecule has 0 saturated carbocycles. The molecule has 2 aromatic rings. The average Bonchev–Trinajstić information content (AvgIpc) is 2.73. The van der Waals surface area contributed by atoms with E-state index in [1.54, 1.807) is 19.1 Å². The third-order valence-corrected chi connectivity index (χ3v) is 5.67. The predicted molar refractivity (Wildman–Crippen MR) is 118 cm³/mol. The molecule has 1 aliphatic rings. The lowest BCUT2D eigenvalue weighted by Gasteiger charge is -2.45. The van der Waals surface area contributed by atoms with Gasteiger partial charge in [-0.3, -0.25) is 9.59 Å². The second kappa shape index (κ2) is 8.54. The molecule has 0 radical (unpaired) electrons. The van der Waals surface area contributed by atoms with E-state index in [1.807, 2.05) is 31.2 Å². The molecule has 1 N–H and O–H groups in total. The van der Waals surface area contributed by atoms with Crippen LogP contribution >= 0.6 is 0 Å². The average molecular weight is 413 g/mol. The standard InChI is InChI=1S/C24H32N2O4/c1-7-13-25-22(27)23(28)26-14-12-17-18(21(26)24(2,3)4)20(30-6)16-11-9-8-10-15(16)19(17)29-5/h8-11,21H,7,12-14H2,1-6H3,(H,25,27). The maximum absolute atomic E-state index is 13.1. The van der Waals surface area contributed by atoms with E-state index in [1.165, 1.54) is 0 Å². The van der Waals surface area contributed by atoms with Crippen LogP contribution in [0.3, 0.4) is 0 Å². The monoisotopic (exact) mass is 412 g/mol. The van der Waals surface area contributed by atoms with E-state index in [0.717, 1.165) is 39.8 Å². The van der Waals surface area contributed by atoms with Gasteiger partial charge in [0.15, 0.2) is 0 Å². The van der Waals surface area contributed by atoms with Crippen molar-refractivity contribution in [1.82, 2.24) is 10.2 Å². The molecule has 1 atom stereocenters. The smallest absolute Gasteiger partial charge is 0.312 e. The molecule has 2 amide bonds. The Balaban J connectivity index is 2.24. The Kier molecular flexibility index (Phi) is 6.25. The lowest BCUT2D eigenvalue weighted by molar-refractivity contribution is -0.149. The zero-order chi connectivity index (χ0) is 22.1. The number of fused-ring (bicyclic) bond motifs is 2. The Labute approximate surface area is 178 Å². The molecule has 3 rings (SSSR count). The molecule has 162 valence electrons. The molecule has 2 aromatic carbocycles. The maximum Gasteiger partial charge on any atom is 0.312 e. The topological polar surface area (TPSA) is 67.9 Å². The molecular weight excluding hydrogens is 380 g/mol. The number of nitrogens with one attached hydrogen (secondary N) is 1. The Hall–Kier alpha value is -2.76. The summed E-state index contributed by atoms with van der Waals surface area (Å²) in [6.45, 7) is 9.14. The zero-order valence-electron chi connectivity index (χ0n) is 18.8. The number of hydrogen-bond donors (Lipinski definition) is 1. The summed E-state index contributed by atoms with van der Waals surface area (Å²) in [4.78, 5) is 27.3. The minimum Gasteiger partial charge on any atom is -0.496 e. The van der Waals surface area contributed by atoms with Gasteiger partial charge in [-0.05, 0) is 18.3 Å². The van der Waals surface area contributed by atoms with Gasteiger partial charge in [0, 0.05) is 35.0 Å². The Bertz CT molecular complexity index is 962. The van der Waals surface area contributed by atoms with Crippen LogP contribution in [-0.4, -0.2) is 44.0 Å². The molecule has 0 spiro atoms. The van der Waals surface area contributed by atoms with Crippen molar-refractivity contribution < 1.29 is 19.1 Å². The number of benzene rings is 2. The van der Waals surface area contributed by atoms with E-state index < -0.39 is 11.8 Å². The van der Waals surface area contributed by atoms with Crippen LogP contribution in [0.1, 0.15) is 51.3 Å². The van der Waals surface area contributed by atoms with Gasteiger partial charge < -0.3 is 19.7 Å². The van der Waals surface area contributed by atoms with Crippen LogP contribution < -0.4 is 14.8 Å². The molecule has 1 heterocycles. The van der Waals surface area contributed by atoms with Crippen LogP contribution in [0.2, 0.25) is 0 Å². The summed E-state index contributed by atoms with van der Waals surface area (Å²) < 4.78 is 11.8. The van der Waals surface area contributed by atoms with Crippen molar-refractivity contribution in [2.24, 2.45) is 5.41 Å². The normalized spacial score (nSPS) is 16.2. The van der Waals surface area contributed by atoms with Crippen molar-refractivity contribution in [3.63, 3.8) is 0 Å². The summed E-state index contributed by atoms with van der Waals surface area (Å²) in [6, 6.07) is 7.65. The highest BCUT2D eigenvalue weighted by atomic mass is 16.5. The van der Waals surface area contributed by atoms with Crippen LogP contribution in [0.4, 0.5) is 0 Å². The zero-order valence-corrected chi connectivity index (χ0v) is 18.8. The molecule has 6 nitrogen and oxygen atoms in total. The van der Waals surface area contributed by atoms with Crippen LogP contribution in [0.5, 0.6) is 11.5 Å². The van der Waals surface area contributed by atoms with Gasteiger partial charge in [0.1, 0.15) is 11.5 Å². The van der Waals surface area contributed by atoms with E-state index in [4.69, 9.17) is 9.47 Å². The Morgan fingerprint density at radius 1 is 1.10 bits per heavy atom. The first-order chi connectivity index (χ1) is 14.3. The van der Waals surface area contributed by atoms with Crippen molar-refractivity contribution in [2.75, 3.05) is 27.3 Å². The molecule has 6 heteroatoms. The van der Waals surface area contributed by atoms with Crippen LogP contribution in [-0.2, 0) is 16.0 Å². The molecule has 0 aliphatic carbocycles. The number of nitrogens with zero attached hydrogens (tertiary/aromatic N) is 1. The summed E-state index contributed by atoms with van der Waals surface area (Å²) in [5, 5.41) is 4.65. The third-order valence-electron chi connectivity index (χ3n) is 5.67. The van der Waals surface area contributed by atoms with E-state index in [0.29, 0.717) is 19.5 Å². The Morgan fingerprint density at radius 2 is 1.70 bits per heavy atom. The van der Waals surface area contributed by atoms with Gasteiger partial charge in [0.05, 0.1) is 20.3 Å². The fourth-order valence-electron chi connectivity index (χ4n) is 4.52. The molecule has 1 unspecified atom stereocenters. The summed E-state index contributed by atoms with van der Waals surface area (Å²) in [5.74, 6) is 0.510. The Morgan fingerprint density at radius 3 is 2.23 bits per heavy atom. The summed E-state index contributed by atoms with van der Waals surface area (Å²) in [5.41, 5.74) is 1.66. The first-order valence-electron chi connectivity index (χ1n) is 10.5. The van der Waals surface area contributed by atoms with Crippen LogP contribution in [0.15, 0.2) is 24.3 Å². The molecule has 0 bridgehead atoms. The number of ether oxygens (including phenoxy) is 2. The first-order valence-corrected chi connectivity index (χ1v) is 10.5. The van der Waals surface area contributed by atoms with E-state index in [2.05, 4.69) is 26.1 Å². The van der Waals surface area contributed by atoms with Crippen molar-refractivity contribution >= 4 is 22.6 Å². The number of rotatable bonds is 4. The second-order valence-corrected chi connectivity index (χ2v) is 8.78. The lowest BCUT2D eigenvalue weighted by atomic mass is 9.75. The van der Waals surface area contributed by atoms with E-state index >= 15 is 0 Å². The van der Waals surface area contributed by atoms with Crippen molar-refractivity contribution in [3.8, 4) is 11.5 Å². The summed E-state index contributed by atoms with van der Waals surface area (Å²) in [6.07, 6.45) is 1.38. The highest BCUT2D eigenvalue weighted by Gasteiger charge is 2.43. The summed E-state index contributed by atoms with van der Waals surface area (Å²) >= 11 is 0. The van der Waals surface area contributed by atoms with Crippen LogP contribution in [0, 0.1) is 5.41 Å². The fraction of sp³-hybridized carbons (Fsp3) is 0.500. The van der Waals surface area contributed by atoms with Gasteiger partial charge >= 0.3 is 11.8 Å². The number of carbonyl (C=O) groups is 2. The van der Waals surface area contributed by atoms with E-state index in [-0.39, 0.29) is 11.5 Å². The molecule has 1 aliphatic heterocycles. The van der Waals surface area contributed by atoms with Gasteiger partial charge in [0.2, 0.25) is 0 Å². The highest BCUT2D eigenvalue weighted by molar-refractivity contribution is 6.35. The van der Waals surface area contributed by atoms with Crippen LogP contribution in [0.25, 0.3) is 10.8 Å². The quantitative estimate of drug-likeness (QED) is 0.775. The number of carbonyl (C=O) groups excluding carboxylic acids is 2. The van der Waals surface area contributed by atoms with Gasteiger partial charge in [-0.25, -0.2) is 0 Å². The van der Waals surface area contributed by atoms with Crippen molar-refractivity contribution in [1.29, 1.82) is 0 Å². The lowest BCUT2D eigenvalue weighted by Crippen LogP contribution is -2.50. The molecular formula is C24H32N2O4. The minimum absolute atomic E-state index is 0.323. The van der Waals surface area contributed by atoms with E-state index in [9.17, 15) is 9.59 Å². The third kappa shape index (κ3) is 3.71. The molecule has 30 heavy (non-hydrogen) atoms. The largest absolute Gasteiger partial charge is 0.496 e. The second-order valence-electron chi connectivity index (χ2n) is 8.78. The van der Waals surface area contributed by atoms with Crippen molar-refractivity contribution in [2.45, 2.75) is 46.6 Å².